The highest BCUT2D eigenvalue weighted by molar-refractivity contribution is 7.89. The molecule has 19 heavy (non-hydrogen) atoms. The molecule has 1 aromatic carbocycles. The summed E-state index contributed by atoms with van der Waals surface area (Å²) in [7, 11) is -3.06. The minimum atomic E-state index is -3.06. The Balaban J connectivity index is 2.47. The number of nitrogens with two attached hydrogens (primary N) is 1. The van der Waals surface area contributed by atoms with Crippen LogP contribution in [0.25, 0.3) is 11.3 Å². The molecule has 1 heterocycles. The van der Waals surface area contributed by atoms with E-state index in [-0.39, 0.29) is 11.7 Å². The van der Waals surface area contributed by atoms with Crippen molar-refractivity contribution in [3.8, 4) is 11.3 Å². The van der Waals surface area contributed by atoms with Gasteiger partial charge < -0.3 is 5.73 Å². The monoisotopic (exact) mass is 277 g/mol. The van der Waals surface area contributed by atoms with Gasteiger partial charge in [-0.2, -0.15) is 0 Å². The van der Waals surface area contributed by atoms with Crippen LogP contribution in [0.1, 0.15) is 11.1 Å². The maximum absolute atomic E-state index is 11.4. The SMILES string of the molecule is Cc1cc(CS(C)(=O)=O)cc(-c2ccnc(N)n2)c1. The first-order chi connectivity index (χ1) is 8.83. The summed E-state index contributed by atoms with van der Waals surface area (Å²) in [6.45, 7) is 1.92. The molecule has 0 spiro atoms. The number of aryl methyl sites for hydroxylation is 1. The van der Waals surface area contributed by atoms with E-state index in [0.29, 0.717) is 5.69 Å². The van der Waals surface area contributed by atoms with Crippen LogP contribution in [0.2, 0.25) is 0 Å². The lowest BCUT2D eigenvalue weighted by atomic mass is 10.0. The first kappa shape index (κ1) is 13.5. The van der Waals surface area contributed by atoms with Crippen molar-refractivity contribution in [1.82, 2.24) is 9.97 Å². The fourth-order valence-electron chi connectivity index (χ4n) is 1.93. The molecule has 0 aliphatic rings. The van der Waals surface area contributed by atoms with Crippen LogP contribution in [-0.2, 0) is 15.6 Å². The van der Waals surface area contributed by atoms with Gasteiger partial charge in [0.15, 0.2) is 9.84 Å². The number of hydrogen-bond donors (Lipinski definition) is 1. The molecular formula is C13H15N3O2S. The Bertz CT molecular complexity index is 712. The van der Waals surface area contributed by atoms with Crippen LogP contribution in [0.5, 0.6) is 0 Å². The standard InChI is InChI=1S/C13H15N3O2S/c1-9-5-10(8-19(2,17)18)7-11(6-9)12-3-4-15-13(14)16-12/h3-7H,8H2,1-2H3,(H2,14,15,16). The van der Waals surface area contributed by atoms with E-state index in [2.05, 4.69) is 9.97 Å². The van der Waals surface area contributed by atoms with E-state index in [1.807, 2.05) is 25.1 Å². The quantitative estimate of drug-likeness (QED) is 0.920. The molecule has 1 aromatic heterocycles. The number of sulfone groups is 1. The predicted octanol–water partition coefficient (Wildman–Crippen LogP) is 1.58. The summed E-state index contributed by atoms with van der Waals surface area (Å²) in [5.41, 5.74) is 8.81. The second kappa shape index (κ2) is 4.97. The number of benzene rings is 1. The number of nitrogen functional groups attached to an aromatic ring is 1. The van der Waals surface area contributed by atoms with Crippen molar-refractivity contribution in [3.63, 3.8) is 0 Å². The van der Waals surface area contributed by atoms with Gasteiger partial charge in [-0.1, -0.05) is 11.6 Å². The fourth-order valence-corrected chi connectivity index (χ4v) is 2.70. The van der Waals surface area contributed by atoms with Crippen LogP contribution in [0.4, 0.5) is 5.95 Å². The summed E-state index contributed by atoms with van der Waals surface area (Å²) < 4.78 is 22.7. The van der Waals surface area contributed by atoms with Crippen molar-refractivity contribution in [2.24, 2.45) is 0 Å². The van der Waals surface area contributed by atoms with Gasteiger partial charge in [0.2, 0.25) is 5.95 Å². The minimum Gasteiger partial charge on any atom is -0.368 e. The predicted molar refractivity (Wildman–Crippen MR) is 75.2 cm³/mol. The number of rotatable bonds is 3. The molecule has 0 saturated carbocycles. The van der Waals surface area contributed by atoms with Gasteiger partial charge in [0.25, 0.3) is 0 Å². The van der Waals surface area contributed by atoms with Crippen molar-refractivity contribution in [3.05, 3.63) is 41.6 Å². The van der Waals surface area contributed by atoms with E-state index in [0.717, 1.165) is 16.7 Å². The van der Waals surface area contributed by atoms with E-state index in [1.165, 1.54) is 6.26 Å². The van der Waals surface area contributed by atoms with Gasteiger partial charge in [0, 0.05) is 18.0 Å². The normalized spacial score (nSPS) is 11.5. The van der Waals surface area contributed by atoms with Crippen LogP contribution in [-0.4, -0.2) is 24.6 Å². The second-order valence-electron chi connectivity index (χ2n) is 4.58. The molecule has 2 N–H and O–H groups in total. The molecule has 2 aromatic rings. The first-order valence-electron chi connectivity index (χ1n) is 5.71. The largest absolute Gasteiger partial charge is 0.368 e. The van der Waals surface area contributed by atoms with Gasteiger partial charge in [-0.05, 0) is 30.7 Å². The Morgan fingerprint density at radius 1 is 1.26 bits per heavy atom. The smallest absolute Gasteiger partial charge is 0.220 e. The molecule has 2 rings (SSSR count). The third-order valence-corrected chi connectivity index (χ3v) is 3.39. The van der Waals surface area contributed by atoms with E-state index >= 15 is 0 Å². The number of nitrogens with zero attached hydrogens (tertiary/aromatic N) is 2. The fraction of sp³-hybridized carbons (Fsp3) is 0.231. The molecule has 0 saturated heterocycles. The first-order valence-corrected chi connectivity index (χ1v) is 7.77. The summed E-state index contributed by atoms with van der Waals surface area (Å²) in [4.78, 5) is 7.98. The van der Waals surface area contributed by atoms with Crippen LogP contribution in [0.3, 0.4) is 0 Å². The number of hydrogen-bond acceptors (Lipinski definition) is 5. The maximum Gasteiger partial charge on any atom is 0.220 e. The van der Waals surface area contributed by atoms with Gasteiger partial charge in [0.05, 0.1) is 11.4 Å². The van der Waals surface area contributed by atoms with Crippen molar-refractivity contribution in [2.75, 3.05) is 12.0 Å². The molecular weight excluding hydrogens is 262 g/mol. The number of anilines is 1. The van der Waals surface area contributed by atoms with Gasteiger partial charge in [-0.15, -0.1) is 0 Å². The Morgan fingerprint density at radius 3 is 2.63 bits per heavy atom. The molecule has 0 bridgehead atoms. The maximum atomic E-state index is 11.4. The third-order valence-electron chi connectivity index (χ3n) is 2.54. The summed E-state index contributed by atoms with van der Waals surface area (Å²) >= 11 is 0. The van der Waals surface area contributed by atoms with Crippen molar-refractivity contribution >= 4 is 15.8 Å². The Morgan fingerprint density at radius 2 is 2.00 bits per heavy atom. The van der Waals surface area contributed by atoms with Crippen LogP contribution >= 0.6 is 0 Å². The average molecular weight is 277 g/mol. The zero-order chi connectivity index (χ0) is 14.0. The second-order valence-corrected chi connectivity index (χ2v) is 6.72. The minimum absolute atomic E-state index is 0.0161. The Hall–Kier alpha value is -1.95. The highest BCUT2D eigenvalue weighted by Gasteiger charge is 2.08. The van der Waals surface area contributed by atoms with Gasteiger partial charge in [-0.25, -0.2) is 18.4 Å². The van der Waals surface area contributed by atoms with E-state index in [4.69, 9.17) is 5.73 Å². The van der Waals surface area contributed by atoms with Gasteiger partial charge in [0.1, 0.15) is 0 Å². The van der Waals surface area contributed by atoms with E-state index in [9.17, 15) is 8.42 Å². The van der Waals surface area contributed by atoms with Crippen molar-refractivity contribution in [1.29, 1.82) is 0 Å². The zero-order valence-corrected chi connectivity index (χ0v) is 11.6. The average Bonchev–Trinajstić information content (AvgIpc) is 2.25. The molecule has 6 heteroatoms. The van der Waals surface area contributed by atoms with Crippen molar-refractivity contribution in [2.45, 2.75) is 12.7 Å². The summed E-state index contributed by atoms with van der Waals surface area (Å²) in [5, 5.41) is 0. The molecule has 0 aliphatic heterocycles. The molecule has 0 aliphatic carbocycles. The van der Waals surface area contributed by atoms with Crippen molar-refractivity contribution < 1.29 is 8.42 Å². The third kappa shape index (κ3) is 3.75. The lowest BCUT2D eigenvalue weighted by Gasteiger charge is -2.07. The van der Waals surface area contributed by atoms with E-state index < -0.39 is 9.84 Å². The molecule has 0 amide bonds. The van der Waals surface area contributed by atoms with Crippen LogP contribution < -0.4 is 5.73 Å². The molecule has 0 radical (unpaired) electrons. The molecule has 100 valence electrons. The van der Waals surface area contributed by atoms with Gasteiger partial charge in [-0.3, -0.25) is 0 Å². The van der Waals surface area contributed by atoms with Crippen LogP contribution in [0, 0.1) is 6.92 Å². The lowest BCUT2D eigenvalue weighted by molar-refractivity contribution is 0.601. The summed E-state index contributed by atoms with van der Waals surface area (Å²) in [6.07, 6.45) is 2.80. The summed E-state index contributed by atoms with van der Waals surface area (Å²) in [6, 6.07) is 7.35. The lowest BCUT2D eigenvalue weighted by Crippen LogP contribution is -2.02. The topological polar surface area (TPSA) is 85.9 Å². The highest BCUT2D eigenvalue weighted by atomic mass is 32.2. The summed E-state index contributed by atoms with van der Waals surface area (Å²) in [5.74, 6) is 0.214. The zero-order valence-electron chi connectivity index (χ0n) is 10.8. The molecule has 5 nitrogen and oxygen atoms in total. The number of aromatic nitrogens is 2. The Labute approximate surface area is 112 Å². The van der Waals surface area contributed by atoms with E-state index in [1.54, 1.807) is 12.3 Å². The van der Waals surface area contributed by atoms with Gasteiger partial charge >= 0.3 is 0 Å². The van der Waals surface area contributed by atoms with Crippen LogP contribution in [0.15, 0.2) is 30.5 Å². The highest BCUT2D eigenvalue weighted by Crippen LogP contribution is 2.21. The molecule has 0 fully saturated rings. The molecule has 0 unspecified atom stereocenters. The molecule has 0 atom stereocenters. The Kier molecular flexibility index (Phi) is 3.53.